The van der Waals surface area contributed by atoms with Crippen molar-refractivity contribution in [2.45, 2.75) is 23.5 Å². The van der Waals surface area contributed by atoms with Gasteiger partial charge >= 0.3 is 11.9 Å². The van der Waals surface area contributed by atoms with Crippen LogP contribution in [0, 0.1) is 5.41 Å². The molecule has 0 spiro atoms. The highest BCUT2D eigenvalue weighted by molar-refractivity contribution is 9.10. The van der Waals surface area contributed by atoms with Crippen molar-refractivity contribution in [2.75, 3.05) is 13.2 Å². The first-order valence-corrected chi connectivity index (χ1v) is 9.96. The highest BCUT2D eigenvalue weighted by atomic mass is 79.9. The first-order valence-electron chi connectivity index (χ1n) is 8.13. The van der Waals surface area contributed by atoms with E-state index in [2.05, 4.69) is 42.2 Å². The van der Waals surface area contributed by atoms with Crippen molar-refractivity contribution >= 4 is 43.8 Å². The summed E-state index contributed by atoms with van der Waals surface area (Å²) in [6.07, 6.45) is 0. The van der Waals surface area contributed by atoms with Gasteiger partial charge in [0.15, 0.2) is 0 Å². The predicted octanol–water partition coefficient (Wildman–Crippen LogP) is 3.27. The minimum Gasteiger partial charge on any atom is -0.465 e. The maximum atomic E-state index is 12.9. The molecule has 26 heavy (non-hydrogen) atoms. The molecule has 2 aromatic rings. The third-order valence-corrected chi connectivity index (χ3v) is 6.55. The predicted molar refractivity (Wildman–Crippen MR) is 100 cm³/mol. The molecule has 0 radical (unpaired) electrons. The molecule has 3 rings (SSSR count). The van der Waals surface area contributed by atoms with Crippen molar-refractivity contribution in [3.8, 4) is 5.69 Å². The SMILES string of the molecule is CCOC(=O)C1(C(=O)OCC)C(Br)c2nnn(-c3ccccc3)c2C1Br. The number of hydrogen-bond donors (Lipinski definition) is 0. The molecule has 2 unspecified atom stereocenters. The molecule has 9 heteroatoms. The first-order chi connectivity index (χ1) is 12.5. The van der Waals surface area contributed by atoms with E-state index in [0.717, 1.165) is 5.69 Å². The molecule has 1 aliphatic rings. The molecule has 1 heterocycles. The second kappa shape index (κ2) is 7.48. The Labute approximate surface area is 167 Å². The summed E-state index contributed by atoms with van der Waals surface area (Å²) in [6.45, 7) is 3.67. The van der Waals surface area contributed by atoms with Gasteiger partial charge in [0.1, 0.15) is 5.69 Å². The number of carbonyl (C=O) groups excluding carboxylic acids is 2. The van der Waals surface area contributed by atoms with E-state index in [4.69, 9.17) is 9.47 Å². The lowest BCUT2D eigenvalue weighted by atomic mass is 9.85. The van der Waals surface area contributed by atoms with Gasteiger partial charge in [-0.2, -0.15) is 0 Å². The minimum absolute atomic E-state index is 0.147. The van der Waals surface area contributed by atoms with Crippen molar-refractivity contribution in [3.05, 3.63) is 41.7 Å². The van der Waals surface area contributed by atoms with E-state index in [1.807, 2.05) is 30.3 Å². The molecule has 1 aromatic carbocycles. The Balaban J connectivity index is 2.15. The molecule has 0 saturated carbocycles. The van der Waals surface area contributed by atoms with E-state index in [-0.39, 0.29) is 13.2 Å². The maximum Gasteiger partial charge on any atom is 0.326 e. The molecular formula is C17H17Br2N3O4. The Morgan fingerprint density at radius 3 is 2.19 bits per heavy atom. The van der Waals surface area contributed by atoms with Gasteiger partial charge in [-0.3, -0.25) is 9.59 Å². The lowest BCUT2D eigenvalue weighted by Crippen LogP contribution is -2.45. The average molecular weight is 487 g/mol. The number of para-hydroxylation sites is 1. The molecular weight excluding hydrogens is 470 g/mol. The van der Waals surface area contributed by atoms with Crippen molar-refractivity contribution < 1.29 is 19.1 Å². The summed E-state index contributed by atoms with van der Waals surface area (Å²) in [5.74, 6) is -1.33. The fourth-order valence-corrected chi connectivity index (χ4v) is 5.42. The number of nitrogens with zero attached hydrogens (tertiary/aromatic N) is 3. The van der Waals surface area contributed by atoms with Crippen LogP contribution < -0.4 is 0 Å². The van der Waals surface area contributed by atoms with Crippen LogP contribution in [0.15, 0.2) is 30.3 Å². The topological polar surface area (TPSA) is 83.3 Å². The van der Waals surface area contributed by atoms with Crippen LogP contribution in [0.4, 0.5) is 0 Å². The van der Waals surface area contributed by atoms with E-state index in [9.17, 15) is 9.59 Å². The van der Waals surface area contributed by atoms with Gasteiger partial charge in [0.25, 0.3) is 0 Å². The summed E-state index contributed by atoms with van der Waals surface area (Å²) in [4.78, 5) is 24.3. The van der Waals surface area contributed by atoms with Gasteiger partial charge in [0.05, 0.1) is 34.2 Å². The number of aromatic nitrogens is 3. The maximum absolute atomic E-state index is 12.9. The second-order valence-electron chi connectivity index (χ2n) is 5.64. The quantitative estimate of drug-likeness (QED) is 0.366. The van der Waals surface area contributed by atoms with E-state index >= 15 is 0 Å². The van der Waals surface area contributed by atoms with E-state index in [1.165, 1.54) is 0 Å². The fourth-order valence-electron chi connectivity index (χ4n) is 3.04. The summed E-state index contributed by atoms with van der Waals surface area (Å²) in [5, 5.41) is 8.39. The number of rotatable bonds is 5. The van der Waals surface area contributed by atoms with Crippen molar-refractivity contribution in [2.24, 2.45) is 5.41 Å². The lowest BCUT2D eigenvalue weighted by Gasteiger charge is -2.30. The molecule has 1 aliphatic carbocycles. The monoisotopic (exact) mass is 485 g/mol. The van der Waals surface area contributed by atoms with E-state index < -0.39 is 27.0 Å². The van der Waals surface area contributed by atoms with Crippen LogP contribution in [-0.2, 0) is 19.1 Å². The number of fused-ring (bicyclic) bond motifs is 1. The van der Waals surface area contributed by atoms with Crippen molar-refractivity contribution in [1.82, 2.24) is 15.0 Å². The van der Waals surface area contributed by atoms with Gasteiger partial charge in [-0.15, -0.1) is 5.10 Å². The van der Waals surface area contributed by atoms with Crippen LogP contribution >= 0.6 is 31.9 Å². The first kappa shape index (κ1) is 19.0. The molecule has 7 nitrogen and oxygen atoms in total. The molecule has 138 valence electrons. The summed E-state index contributed by atoms with van der Waals surface area (Å²) in [5.41, 5.74) is 0.258. The van der Waals surface area contributed by atoms with Gasteiger partial charge in [-0.25, -0.2) is 4.68 Å². The number of esters is 2. The van der Waals surface area contributed by atoms with Crippen molar-refractivity contribution in [3.63, 3.8) is 0 Å². The summed E-state index contributed by atoms with van der Waals surface area (Å²) >= 11 is 7.02. The number of hydrogen-bond acceptors (Lipinski definition) is 6. The number of alkyl halides is 2. The highest BCUT2D eigenvalue weighted by Crippen LogP contribution is 2.61. The number of carbonyl (C=O) groups is 2. The largest absolute Gasteiger partial charge is 0.465 e. The van der Waals surface area contributed by atoms with E-state index in [1.54, 1.807) is 18.5 Å². The van der Waals surface area contributed by atoms with Crippen LogP contribution in [0.3, 0.4) is 0 Å². The molecule has 0 aliphatic heterocycles. The summed E-state index contributed by atoms with van der Waals surface area (Å²) in [6, 6.07) is 9.37. The van der Waals surface area contributed by atoms with Crippen LogP contribution in [-0.4, -0.2) is 40.1 Å². The third-order valence-electron chi connectivity index (χ3n) is 4.24. The van der Waals surface area contributed by atoms with E-state index in [0.29, 0.717) is 11.4 Å². The summed E-state index contributed by atoms with van der Waals surface area (Å²) in [7, 11) is 0. The molecule has 1 aromatic heterocycles. The average Bonchev–Trinajstić information content (AvgIpc) is 3.16. The molecule has 0 N–H and O–H groups in total. The van der Waals surface area contributed by atoms with Crippen LogP contribution in [0.2, 0.25) is 0 Å². The number of benzene rings is 1. The molecule has 0 bridgehead atoms. The Morgan fingerprint density at radius 2 is 1.65 bits per heavy atom. The lowest BCUT2D eigenvalue weighted by molar-refractivity contribution is -0.171. The van der Waals surface area contributed by atoms with Crippen LogP contribution in [0.1, 0.15) is 34.9 Å². The molecule has 2 atom stereocenters. The Morgan fingerprint density at radius 1 is 1.08 bits per heavy atom. The minimum atomic E-state index is -1.62. The van der Waals surface area contributed by atoms with Crippen LogP contribution in [0.5, 0.6) is 0 Å². The zero-order valence-corrected chi connectivity index (χ0v) is 17.4. The zero-order chi connectivity index (χ0) is 18.9. The Bertz CT molecular complexity index is 807. The van der Waals surface area contributed by atoms with Gasteiger partial charge in [0.2, 0.25) is 5.41 Å². The van der Waals surface area contributed by atoms with Gasteiger partial charge in [-0.1, -0.05) is 55.3 Å². The standard InChI is InChI=1S/C17H17Br2N3O4/c1-3-25-15(23)17(16(24)26-4-2)13(18)11-12(14(17)19)22(21-20-11)10-8-6-5-7-9-10/h5-9,13-14H,3-4H2,1-2H3. The second-order valence-corrected chi connectivity index (χ2v) is 7.47. The van der Waals surface area contributed by atoms with Gasteiger partial charge in [0, 0.05) is 0 Å². The molecule has 0 saturated heterocycles. The summed E-state index contributed by atoms with van der Waals surface area (Å²) < 4.78 is 12.1. The normalized spacial score (nSPS) is 20.5. The highest BCUT2D eigenvalue weighted by Gasteiger charge is 2.67. The number of ether oxygens (including phenoxy) is 2. The fraction of sp³-hybridized carbons (Fsp3) is 0.412. The molecule has 0 amide bonds. The van der Waals surface area contributed by atoms with Gasteiger partial charge in [-0.05, 0) is 26.0 Å². The number of halogens is 2. The molecule has 0 fully saturated rings. The Kier molecular flexibility index (Phi) is 5.47. The van der Waals surface area contributed by atoms with Crippen LogP contribution in [0.25, 0.3) is 5.69 Å². The zero-order valence-electron chi connectivity index (χ0n) is 14.2. The third kappa shape index (κ3) is 2.68. The van der Waals surface area contributed by atoms with Crippen molar-refractivity contribution in [1.29, 1.82) is 0 Å². The smallest absolute Gasteiger partial charge is 0.326 e. The Hall–Kier alpha value is -1.74. The van der Waals surface area contributed by atoms with Gasteiger partial charge < -0.3 is 9.47 Å².